The molecule has 0 radical (unpaired) electrons. The molecule has 0 aromatic carbocycles. The zero-order valence-corrected chi connectivity index (χ0v) is 10.7. The molecule has 1 atom stereocenters. The van der Waals surface area contributed by atoms with E-state index >= 15 is 0 Å². The van der Waals surface area contributed by atoms with Crippen LogP contribution >= 0.6 is 12.4 Å². The highest BCUT2D eigenvalue weighted by Crippen LogP contribution is 2.26. The Morgan fingerprint density at radius 3 is 2.56 bits per heavy atom. The van der Waals surface area contributed by atoms with Crippen molar-refractivity contribution in [3.8, 4) is 0 Å². The molecule has 1 aliphatic heterocycles. The molecule has 0 aromatic heterocycles. The van der Waals surface area contributed by atoms with Crippen LogP contribution in [0.2, 0.25) is 0 Å². The zero-order valence-electron chi connectivity index (χ0n) is 9.84. The Kier molecular flexibility index (Phi) is 6.14. The highest BCUT2D eigenvalue weighted by Gasteiger charge is 2.22. The van der Waals surface area contributed by atoms with Crippen LogP contribution in [0.15, 0.2) is 0 Å². The van der Waals surface area contributed by atoms with Gasteiger partial charge in [-0.15, -0.1) is 12.4 Å². The molecule has 16 heavy (non-hydrogen) atoms. The highest BCUT2D eigenvalue weighted by molar-refractivity contribution is 5.85. The van der Waals surface area contributed by atoms with Gasteiger partial charge in [0.25, 0.3) is 0 Å². The fraction of sp³-hybridized carbons (Fsp3) is 0.917. The van der Waals surface area contributed by atoms with Gasteiger partial charge in [-0.25, -0.2) is 0 Å². The average Bonchev–Trinajstić information content (AvgIpc) is 2.90. The Morgan fingerprint density at radius 2 is 1.94 bits per heavy atom. The molecule has 1 heterocycles. The number of halogens is 1. The van der Waals surface area contributed by atoms with Crippen molar-refractivity contribution in [3.05, 3.63) is 0 Å². The molecule has 94 valence electrons. The third-order valence-electron chi connectivity index (χ3n) is 3.70. The molecule has 0 spiro atoms. The molecule has 1 amide bonds. The van der Waals surface area contributed by atoms with E-state index in [-0.39, 0.29) is 24.4 Å². The van der Waals surface area contributed by atoms with Gasteiger partial charge in [-0.3, -0.25) is 4.79 Å². The zero-order chi connectivity index (χ0) is 10.5. The topological polar surface area (TPSA) is 41.1 Å². The minimum atomic E-state index is 0. The second-order valence-electron chi connectivity index (χ2n) is 4.88. The molecular formula is C12H23ClN2O. The van der Waals surface area contributed by atoms with E-state index in [4.69, 9.17) is 0 Å². The van der Waals surface area contributed by atoms with Gasteiger partial charge in [0.1, 0.15) is 0 Å². The first kappa shape index (κ1) is 13.8. The number of hydrogen-bond donors (Lipinski definition) is 2. The molecule has 1 aliphatic carbocycles. The molecule has 2 N–H and O–H groups in total. The molecular weight excluding hydrogens is 224 g/mol. The third-order valence-corrected chi connectivity index (χ3v) is 3.70. The Labute approximate surface area is 104 Å². The van der Waals surface area contributed by atoms with Crippen molar-refractivity contribution in [2.45, 2.75) is 51.0 Å². The molecule has 2 rings (SSSR count). The lowest BCUT2D eigenvalue weighted by atomic mass is 10.0. The van der Waals surface area contributed by atoms with Gasteiger partial charge in [-0.2, -0.15) is 0 Å². The second kappa shape index (κ2) is 7.13. The maximum Gasteiger partial charge on any atom is 0.237 e. The average molecular weight is 247 g/mol. The standard InChI is InChI=1S/C12H22N2O.ClH/c15-12(11-6-3-8-13-11)14-9-7-10-4-1-2-5-10;/h10-11,13H,1-9H2,(H,14,15);1H/t11-;/m0./s1. The molecule has 1 saturated carbocycles. The Bertz CT molecular complexity index is 211. The summed E-state index contributed by atoms with van der Waals surface area (Å²) in [4.78, 5) is 11.6. The van der Waals surface area contributed by atoms with Crippen molar-refractivity contribution in [1.82, 2.24) is 10.6 Å². The van der Waals surface area contributed by atoms with Crippen molar-refractivity contribution in [2.24, 2.45) is 5.92 Å². The number of hydrogen-bond acceptors (Lipinski definition) is 2. The van der Waals surface area contributed by atoms with E-state index in [9.17, 15) is 4.79 Å². The third kappa shape index (κ3) is 3.95. The fourth-order valence-corrected chi connectivity index (χ4v) is 2.73. The van der Waals surface area contributed by atoms with Crippen LogP contribution < -0.4 is 10.6 Å². The molecule has 1 saturated heterocycles. The van der Waals surface area contributed by atoms with Gasteiger partial charge in [0.15, 0.2) is 0 Å². The predicted molar refractivity (Wildman–Crippen MR) is 67.9 cm³/mol. The van der Waals surface area contributed by atoms with Gasteiger partial charge < -0.3 is 10.6 Å². The molecule has 2 fully saturated rings. The van der Waals surface area contributed by atoms with E-state index in [0.29, 0.717) is 0 Å². The Hall–Kier alpha value is -0.280. The first-order valence-corrected chi connectivity index (χ1v) is 6.37. The number of carbonyl (C=O) groups is 1. The summed E-state index contributed by atoms with van der Waals surface area (Å²) in [5.41, 5.74) is 0. The van der Waals surface area contributed by atoms with Crippen molar-refractivity contribution in [2.75, 3.05) is 13.1 Å². The molecule has 0 bridgehead atoms. The van der Waals surface area contributed by atoms with Gasteiger partial charge in [0, 0.05) is 6.54 Å². The van der Waals surface area contributed by atoms with Crippen molar-refractivity contribution < 1.29 is 4.79 Å². The molecule has 4 heteroatoms. The van der Waals surface area contributed by atoms with E-state index in [2.05, 4.69) is 10.6 Å². The van der Waals surface area contributed by atoms with Crippen LogP contribution in [0.25, 0.3) is 0 Å². The highest BCUT2D eigenvalue weighted by atomic mass is 35.5. The van der Waals surface area contributed by atoms with E-state index in [1.807, 2.05) is 0 Å². The summed E-state index contributed by atoms with van der Waals surface area (Å²) in [6.07, 6.45) is 8.86. The van der Waals surface area contributed by atoms with Crippen LogP contribution in [0.5, 0.6) is 0 Å². The SMILES string of the molecule is Cl.O=C(NCCC1CCCC1)[C@@H]1CCCN1. The van der Waals surface area contributed by atoms with Crippen LogP contribution in [-0.2, 0) is 4.79 Å². The Morgan fingerprint density at radius 1 is 1.19 bits per heavy atom. The molecule has 3 nitrogen and oxygen atoms in total. The van der Waals surface area contributed by atoms with Crippen molar-refractivity contribution in [3.63, 3.8) is 0 Å². The van der Waals surface area contributed by atoms with Crippen molar-refractivity contribution in [1.29, 1.82) is 0 Å². The van der Waals surface area contributed by atoms with Crippen LogP contribution in [0, 0.1) is 5.92 Å². The van der Waals surface area contributed by atoms with Gasteiger partial charge in [-0.1, -0.05) is 25.7 Å². The van der Waals surface area contributed by atoms with Crippen molar-refractivity contribution >= 4 is 18.3 Å². The van der Waals surface area contributed by atoms with E-state index < -0.39 is 0 Å². The monoisotopic (exact) mass is 246 g/mol. The summed E-state index contributed by atoms with van der Waals surface area (Å²) in [6.45, 7) is 1.88. The summed E-state index contributed by atoms with van der Waals surface area (Å²) in [5.74, 6) is 1.09. The van der Waals surface area contributed by atoms with Gasteiger partial charge in [0.05, 0.1) is 6.04 Å². The number of nitrogens with one attached hydrogen (secondary N) is 2. The van der Waals surface area contributed by atoms with Crippen LogP contribution in [0.3, 0.4) is 0 Å². The number of rotatable bonds is 4. The van der Waals surface area contributed by atoms with Gasteiger partial charge in [-0.05, 0) is 31.7 Å². The summed E-state index contributed by atoms with van der Waals surface area (Å²) < 4.78 is 0. The van der Waals surface area contributed by atoms with Crippen LogP contribution in [-0.4, -0.2) is 25.0 Å². The van der Waals surface area contributed by atoms with E-state index in [1.165, 1.54) is 32.1 Å². The minimum Gasteiger partial charge on any atom is -0.355 e. The lowest BCUT2D eigenvalue weighted by molar-refractivity contribution is -0.122. The summed E-state index contributed by atoms with van der Waals surface area (Å²) >= 11 is 0. The quantitative estimate of drug-likeness (QED) is 0.795. The lowest BCUT2D eigenvalue weighted by Gasteiger charge is -2.13. The summed E-state index contributed by atoms with van der Waals surface area (Å²) in [6, 6.07) is 0.0913. The first-order chi connectivity index (χ1) is 7.36. The predicted octanol–water partition coefficient (Wildman–Crippen LogP) is 1.86. The molecule has 2 aliphatic rings. The van der Waals surface area contributed by atoms with Crippen LogP contribution in [0.1, 0.15) is 44.9 Å². The Balaban J connectivity index is 0.00000128. The molecule has 0 aromatic rings. The fourth-order valence-electron chi connectivity index (χ4n) is 2.73. The van der Waals surface area contributed by atoms with Crippen LogP contribution in [0.4, 0.5) is 0 Å². The second-order valence-corrected chi connectivity index (χ2v) is 4.88. The van der Waals surface area contributed by atoms with E-state index in [1.54, 1.807) is 0 Å². The maximum atomic E-state index is 11.6. The van der Waals surface area contributed by atoms with Gasteiger partial charge in [0.2, 0.25) is 5.91 Å². The lowest BCUT2D eigenvalue weighted by Crippen LogP contribution is -2.41. The first-order valence-electron chi connectivity index (χ1n) is 6.37. The largest absolute Gasteiger partial charge is 0.355 e. The smallest absolute Gasteiger partial charge is 0.237 e. The number of carbonyl (C=O) groups excluding carboxylic acids is 1. The minimum absolute atomic E-state index is 0. The summed E-state index contributed by atoms with van der Waals surface area (Å²) in [7, 11) is 0. The normalized spacial score (nSPS) is 25.4. The summed E-state index contributed by atoms with van der Waals surface area (Å²) in [5, 5.41) is 6.27. The van der Waals surface area contributed by atoms with Gasteiger partial charge >= 0.3 is 0 Å². The number of amides is 1. The van der Waals surface area contributed by atoms with E-state index in [0.717, 1.165) is 31.8 Å². The maximum absolute atomic E-state index is 11.6. The molecule has 0 unspecified atom stereocenters.